The van der Waals surface area contributed by atoms with E-state index in [1.165, 1.54) is 22.5 Å². The van der Waals surface area contributed by atoms with Crippen molar-refractivity contribution < 1.29 is 13.2 Å². The molecular weight excluding hydrogens is 524 g/mol. The van der Waals surface area contributed by atoms with E-state index in [9.17, 15) is 13.7 Å². The van der Waals surface area contributed by atoms with E-state index in [4.69, 9.17) is 28.6 Å². The van der Waals surface area contributed by atoms with Gasteiger partial charge in [0.05, 0.1) is 11.6 Å². The highest BCUT2D eigenvalue weighted by Gasteiger charge is 2.32. The molecule has 0 radical (unpaired) electrons. The van der Waals surface area contributed by atoms with Gasteiger partial charge in [0.15, 0.2) is 5.11 Å². The molecule has 1 saturated heterocycles. The fourth-order valence-electron chi connectivity index (χ4n) is 3.79. The summed E-state index contributed by atoms with van der Waals surface area (Å²) in [5.41, 5.74) is 1.13. The number of nitriles is 1. The number of thiocarbonyl (C=S) groups is 1. The summed E-state index contributed by atoms with van der Waals surface area (Å²) in [6.07, 6.45) is 4.34. The Morgan fingerprint density at radius 3 is 2.69 bits per heavy atom. The highest BCUT2D eigenvalue weighted by molar-refractivity contribution is 7.98. The first-order valence-electron chi connectivity index (χ1n) is 11.3. The second kappa shape index (κ2) is 12.8. The predicted octanol–water partition coefficient (Wildman–Crippen LogP) is 4.68. The van der Waals surface area contributed by atoms with E-state index in [-0.39, 0.29) is 22.3 Å². The number of halogens is 1. The molecule has 1 fully saturated rings. The van der Waals surface area contributed by atoms with Crippen molar-refractivity contribution in [2.45, 2.75) is 37.1 Å². The number of nitrogens with one attached hydrogen (secondary N) is 2. The van der Waals surface area contributed by atoms with E-state index in [0.717, 1.165) is 24.3 Å². The molecule has 0 amide bonds. The molecule has 0 saturated carbocycles. The Kier molecular flexibility index (Phi) is 10.1. The summed E-state index contributed by atoms with van der Waals surface area (Å²) >= 11 is 13.3. The van der Waals surface area contributed by atoms with Gasteiger partial charge in [0.2, 0.25) is 10.0 Å². The van der Waals surface area contributed by atoms with E-state index in [1.54, 1.807) is 30.0 Å². The summed E-state index contributed by atoms with van der Waals surface area (Å²) in [4.78, 5) is -0.0356. The third kappa shape index (κ3) is 7.72. The molecule has 2 aromatic rings. The molecule has 0 unspecified atom stereocenters. The molecular formula is C24H29ClN4O3S3. The van der Waals surface area contributed by atoms with Crippen LogP contribution in [-0.2, 0) is 10.0 Å². The monoisotopic (exact) mass is 552 g/mol. The number of piperidine rings is 1. The van der Waals surface area contributed by atoms with E-state index in [0.29, 0.717) is 41.8 Å². The second-order valence-electron chi connectivity index (χ2n) is 8.26. The van der Waals surface area contributed by atoms with Gasteiger partial charge in [-0.2, -0.15) is 21.3 Å². The highest BCUT2D eigenvalue weighted by atomic mass is 35.5. The smallest absolute Gasteiger partial charge is 0.246 e. The molecule has 1 heterocycles. The molecule has 2 N–H and O–H groups in total. The molecule has 0 bridgehead atoms. The largest absolute Gasteiger partial charge is 0.456 e. The fourth-order valence-corrected chi connectivity index (χ4v) is 6.38. The van der Waals surface area contributed by atoms with Crippen molar-refractivity contribution in [2.24, 2.45) is 0 Å². The second-order valence-corrected chi connectivity index (χ2v) is 12.0. The number of aryl methyl sites for hydroxylation is 1. The first-order chi connectivity index (χ1) is 16.7. The Balaban J connectivity index is 1.71. The van der Waals surface area contributed by atoms with Crippen LogP contribution < -0.4 is 15.4 Å². The van der Waals surface area contributed by atoms with E-state index < -0.39 is 10.0 Å². The van der Waals surface area contributed by atoms with Crippen LogP contribution in [0, 0.1) is 18.3 Å². The Hall–Kier alpha value is -2.03. The van der Waals surface area contributed by atoms with Crippen LogP contribution in [0.4, 0.5) is 0 Å². The lowest BCUT2D eigenvalue weighted by atomic mass is 10.1. The predicted molar refractivity (Wildman–Crippen MR) is 146 cm³/mol. The maximum Gasteiger partial charge on any atom is 0.246 e. The van der Waals surface area contributed by atoms with Gasteiger partial charge in [-0.15, -0.1) is 0 Å². The fraction of sp³-hybridized carbons (Fsp3) is 0.417. The van der Waals surface area contributed by atoms with E-state index >= 15 is 0 Å². The Bertz CT molecular complexity index is 1170. The van der Waals surface area contributed by atoms with Crippen LogP contribution in [0.5, 0.6) is 11.5 Å². The van der Waals surface area contributed by atoms with Crippen molar-refractivity contribution in [3.05, 3.63) is 52.5 Å². The first kappa shape index (κ1) is 27.6. The molecule has 11 heteroatoms. The number of nitrogens with zero attached hydrogens (tertiary/aromatic N) is 2. The molecule has 0 spiro atoms. The van der Waals surface area contributed by atoms with Gasteiger partial charge in [-0.1, -0.05) is 11.6 Å². The number of hydrogen-bond donors (Lipinski definition) is 2. The van der Waals surface area contributed by atoms with Gasteiger partial charge < -0.3 is 15.4 Å². The summed E-state index contributed by atoms with van der Waals surface area (Å²) in [6, 6.07) is 11.7. The summed E-state index contributed by atoms with van der Waals surface area (Å²) in [6.45, 7) is 3.35. The molecule has 0 aliphatic carbocycles. The topological polar surface area (TPSA) is 94.5 Å². The van der Waals surface area contributed by atoms with Crippen LogP contribution in [0.25, 0.3) is 0 Å². The van der Waals surface area contributed by atoms with Crippen LogP contribution in [0.2, 0.25) is 5.02 Å². The van der Waals surface area contributed by atoms with E-state index in [2.05, 4.69) is 16.9 Å². The van der Waals surface area contributed by atoms with Crippen molar-refractivity contribution in [2.75, 3.05) is 31.6 Å². The van der Waals surface area contributed by atoms with Crippen molar-refractivity contribution in [1.82, 2.24) is 14.9 Å². The number of rotatable bonds is 9. The maximum absolute atomic E-state index is 13.6. The van der Waals surface area contributed by atoms with Crippen LogP contribution in [0.1, 0.15) is 30.4 Å². The van der Waals surface area contributed by atoms with Crippen LogP contribution >= 0.6 is 35.6 Å². The Labute approximate surface area is 222 Å². The SMILES string of the molecule is CSCCCNC(=S)NC1CCN(S(=O)(=O)c2cc(C#N)ccc2Oc2cc(C)cc(Cl)c2)CC1. The molecule has 2 aromatic carbocycles. The minimum atomic E-state index is -3.89. The number of thioether (sulfide) groups is 1. The summed E-state index contributed by atoms with van der Waals surface area (Å²) in [7, 11) is -3.89. The van der Waals surface area contributed by atoms with Gasteiger partial charge in [0.25, 0.3) is 0 Å². The van der Waals surface area contributed by atoms with Gasteiger partial charge in [-0.05, 0) is 92.4 Å². The number of hydrogen-bond acceptors (Lipinski definition) is 6. The van der Waals surface area contributed by atoms with Crippen molar-refractivity contribution in [1.29, 1.82) is 5.26 Å². The molecule has 1 aliphatic rings. The summed E-state index contributed by atoms with van der Waals surface area (Å²) < 4.78 is 34.5. The minimum Gasteiger partial charge on any atom is -0.456 e. The summed E-state index contributed by atoms with van der Waals surface area (Å²) in [5, 5.41) is 16.9. The maximum atomic E-state index is 13.6. The quantitative estimate of drug-likeness (QED) is 0.342. The highest BCUT2D eigenvalue weighted by Crippen LogP contribution is 2.34. The van der Waals surface area contributed by atoms with Gasteiger partial charge in [0, 0.05) is 30.7 Å². The van der Waals surface area contributed by atoms with Gasteiger partial charge in [0.1, 0.15) is 16.4 Å². The van der Waals surface area contributed by atoms with Gasteiger partial charge >= 0.3 is 0 Å². The molecule has 188 valence electrons. The van der Waals surface area contributed by atoms with Crippen molar-refractivity contribution in [3.8, 4) is 17.6 Å². The molecule has 0 aromatic heterocycles. The normalized spacial score (nSPS) is 14.8. The lowest BCUT2D eigenvalue weighted by Gasteiger charge is -2.32. The average Bonchev–Trinajstić information content (AvgIpc) is 2.82. The van der Waals surface area contributed by atoms with Crippen molar-refractivity contribution >= 4 is 50.7 Å². The van der Waals surface area contributed by atoms with Crippen LogP contribution in [0.15, 0.2) is 41.3 Å². The first-order valence-corrected chi connectivity index (χ1v) is 14.9. The Morgan fingerprint density at radius 1 is 1.29 bits per heavy atom. The van der Waals surface area contributed by atoms with Crippen molar-refractivity contribution in [3.63, 3.8) is 0 Å². The third-order valence-corrected chi connectivity index (χ3v) is 8.63. The number of sulfonamides is 1. The summed E-state index contributed by atoms with van der Waals surface area (Å²) in [5.74, 6) is 1.65. The van der Waals surface area contributed by atoms with Crippen LogP contribution in [0.3, 0.4) is 0 Å². The zero-order valence-electron chi connectivity index (χ0n) is 19.7. The standard InChI is InChI=1S/C24H29ClN4O3S3/c1-17-12-19(25)15-21(13-17)32-22-5-4-18(16-26)14-23(22)35(30,31)29-9-6-20(7-10-29)28-24(33)27-8-3-11-34-2/h4-5,12-15,20H,3,6-11H2,1-2H3,(H2,27,28,33). The Morgan fingerprint density at radius 2 is 2.03 bits per heavy atom. The zero-order chi connectivity index (χ0) is 25.4. The zero-order valence-corrected chi connectivity index (χ0v) is 22.9. The number of ether oxygens (including phenoxy) is 1. The molecule has 3 rings (SSSR count). The van der Waals surface area contributed by atoms with Crippen LogP contribution in [-0.4, -0.2) is 55.5 Å². The average molecular weight is 553 g/mol. The third-order valence-electron chi connectivity index (χ3n) is 5.53. The van der Waals surface area contributed by atoms with Gasteiger partial charge in [-0.3, -0.25) is 0 Å². The molecule has 0 atom stereocenters. The lowest BCUT2D eigenvalue weighted by Crippen LogP contribution is -2.49. The molecule has 1 aliphatic heterocycles. The van der Waals surface area contributed by atoms with Gasteiger partial charge in [-0.25, -0.2) is 8.42 Å². The minimum absolute atomic E-state index is 0.0356. The number of benzene rings is 2. The molecule has 7 nitrogen and oxygen atoms in total. The lowest BCUT2D eigenvalue weighted by molar-refractivity contribution is 0.306. The van der Waals surface area contributed by atoms with E-state index in [1.807, 2.05) is 13.0 Å². The molecule has 35 heavy (non-hydrogen) atoms.